The van der Waals surface area contributed by atoms with Gasteiger partial charge in [-0.2, -0.15) is 4.98 Å². The molecule has 0 saturated carbocycles. The third-order valence-corrected chi connectivity index (χ3v) is 4.07. The average Bonchev–Trinajstić information content (AvgIpc) is 3.43. The van der Waals surface area contributed by atoms with Crippen molar-refractivity contribution < 1.29 is 27.8 Å². The van der Waals surface area contributed by atoms with Crippen LogP contribution >= 0.6 is 0 Å². The molecule has 0 aliphatic carbocycles. The molecule has 2 aromatic heterocycles. The van der Waals surface area contributed by atoms with Gasteiger partial charge in [-0.1, -0.05) is 5.16 Å². The molecular weight excluding hydrogens is 397 g/mol. The molecule has 30 heavy (non-hydrogen) atoms. The Kier molecular flexibility index (Phi) is 5.04. The minimum Gasteiger partial charge on any atom is -0.450 e. The Hall–Kier alpha value is -4.34. The summed E-state index contributed by atoms with van der Waals surface area (Å²) in [5.41, 5.74) is 1.07. The molecule has 4 rings (SSSR count). The monoisotopic (exact) mass is 409 g/mol. The van der Waals surface area contributed by atoms with Crippen molar-refractivity contribution in [1.29, 1.82) is 0 Å². The van der Waals surface area contributed by atoms with E-state index in [1.165, 1.54) is 54.6 Å². The third kappa shape index (κ3) is 4.07. The summed E-state index contributed by atoms with van der Waals surface area (Å²) < 4.78 is 28.6. The van der Waals surface area contributed by atoms with E-state index >= 15 is 0 Å². The van der Waals surface area contributed by atoms with E-state index in [1.807, 2.05) is 0 Å². The SMILES string of the molecule is O=C(OCc1nc(-c2ccc(F)cc2)no1)c1ccc(-c2ccc([N+](=O)[O-])cc2)o1. The first-order chi connectivity index (χ1) is 14.5. The molecule has 0 aliphatic heterocycles. The number of nitro benzene ring substituents is 1. The lowest BCUT2D eigenvalue weighted by Crippen LogP contribution is -2.04. The molecule has 0 fully saturated rings. The minimum absolute atomic E-state index is 0.0514. The van der Waals surface area contributed by atoms with Gasteiger partial charge in [0.05, 0.1) is 4.92 Å². The van der Waals surface area contributed by atoms with Crippen LogP contribution in [0.2, 0.25) is 0 Å². The minimum atomic E-state index is -0.746. The zero-order chi connectivity index (χ0) is 21.1. The first-order valence-electron chi connectivity index (χ1n) is 8.60. The standard InChI is InChI=1S/C20H12FN3O6/c21-14-5-1-13(2-6-14)19-22-18(30-23-19)11-28-20(25)17-10-9-16(29-17)12-3-7-15(8-4-12)24(26)27/h1-10H,11H2. The molecule has 2 heterocycles. The predicted molar refractivity (Wildman–Crippen MR) is 99.6 cm³/mol. The lowest BCUT2D eigenvalue weighted by molar-refractivity contribution is -0.384. The van der Waals surface area contributed by atoms with Crippen molar-refractivity contribution in [3.8, 4) is 22.7 Å². The first kappa shape index (κ1) is 19.0. The van der Waals surface area contributed by atoms with E-state index in [9.17, 15) is 19.3 Å². The number of carbonyl (C=O) groups is 1. The van der Waals surface area contributed by atoms with Crippen LogP contribution in [0.3, 0.4) is 0 Å². The number of esters is 1. The van der Waals surface area contributed by atoms with E-state index in [4.69, 9.17) is 13.7 Å². The van der Waals surface area contributed by atoms with Crippen molar-refractivity contribution in [2.24, 2.45) is 0 Å². The molecule has 9 nitrogen and oxygen atoms in total. The second-order valence-corrected chi connectivity index (χ2v) is 6.06. The van der Waals surface area contributed by atoms with E-state index in [-0.39, 0.29) is 35.6 Å². The number of nitrogens with zero attached hydrogens (tertiary/aromatic N) is 3. The van der Waals surface area contributed by atoms with Crippen LogP contribution in [0.15, 0.2) is 69.6 Å². The number of furan rings is 1. The van der Waals surface area contributed by atoms with Gasteiger partial charge in [0.2, 0.25) is 11.6 Å². The van der Waals surface area contributed by atoms with E-state index in [0.717, 1.165) is 0 Å². The molecule has 0 saturated heterocycles. The third-order valence-electron chi connectivity index (χ3n) is 4.07. The molecule has 4 aromatic rings. The maximum Gasteiger partial charge on any atom is 0.374 e. The second kappa shape index (κ2) is 7.95. The van der Waals surface area contributed by atoms with Crippen LogP contribution in [0.1, 0.15) is 16.4 Å². The van der Waals surface area contributed by atoms with Crippen molar-refractivity contribution in [3.63, 3.8) is 0 Å². The molecule has 0 N–H and O–H groups in total. The highest BCUT2D eigenvalue weighted by atomic mass is 19.1. The lowest BCUT2D eigenvalue weighted by Gasteiger charge is -1.99. The first-order valence-corrected chi connectivity index (χ1v) is 8.60. The fraction of sp³-hybridized carbons (Fsp3) is 0.0500. The lowest BCUT2D eigenvalue weighted by atomic mass is 10.1. The van der Waals surface area contributed by atoms with Gasteiger partial charge in [0, 0.05) is 23.3 Å². The normalized spacial score (nSPS) is 10.7. The molecular formula is C20H12FN3O6. The quantitative estimate of drug-likeness (QED) is 0.261. The molecule has 0 bridgehead atoms. The number of hydrogen-bond donors (Lipinski definition) is 0. The Bertz CT molecular complexity index is 1200. The predicted octanol–water partition coefficient (Wildman–Crippen LogP) is 4.40. The van der Waals surface area contributed by atoms with Crippen molar-refractivity contribution in [3.05, 3.63) is 88.2 Å². The molecule has 0 aliphatic rings. The van der Waals surface area contributed by atoms with E-state index in [0.29, 0.717) is 16.9 Å². The van der Waals surface area contributed by atoms with Gasteiger partial charge in [-0.25, -0.2) is 9.18 Å². The van der Waals surface area contributed by atoms with Crippen LogP contribution < -0.4 is 0 Å². The second-order valence-electron chi connectivity index (χ2n) is 6.06. The number of hydrogen-bond acceptors (Lipinski definition) is 8. The Morgan fingerprint density at radius 1 is 1.03 bits per heavy atom. The number of nitro groups is 1. The topological polar surface area (TPSA) is 122 Å². The maximum atomic E-state index is 13.0. The van der Waals surface area contributed by atoms with Gasteiger partial charge in [-0.3, -0.25) is 10.1 Å². The number of carbonyl (C=O) groups excluding carboxylic acids is 1. The summed E-state index contributed by atoms with van der Waals surface area (Å²) in [6, 6.07) is 14.2. The number of halogens is 1. The van der Waals surface area contributed by atoms with E-state index in [1.54, 1.807) is 6.07 Å². The van der Waals surface area contributed by atoms with Crippen molar-refractivity contribution in [2.45, 2.75) is 6.61 Å². The molecule has 0 atom stereocenters. The van der Waals surface area contributed by atoms with Crippen molar-refractivity contribution in [2.75, 3.05) is 0 Å². The largest absolute Gasteiger partial charge is 0.450 e. The zero-order valence-corrected chi connectivity index (χ0v) is 15.1. The van der Waals surface area contributed by atoms with Gasteiger partial charge < -0.3 is 13.7 Å². The molecule has 0 radical (unpaired) electrons. The summed E-state index contributed by atoms with van der Waals surface area (Å²) in [4.78, 5) is 26.5. The van der Waals surface area contributed by atoms with Crippen LogP contribution in [-0.2, 0) is 11.3 Å². The number of aromatic nitrogens is 2. The molecule has 0 amide bonds. The Labute approximate surface area is 167 Å². The van der Waals surface area contributed by atoms with Gasteiger partial charge >= 0.3 is 5.97 Å². The van der Waals surface area contributed by atoms with E-state index in [2.05, 4.69) is 10.1 Å². The Morgan fingerprint density at radius 2 is 1.73 bits per heavy atom. The summed E-state index contributed by atoms with van der Waals surface area (Å²) in [5.74, 6) is -0.535. The van der Waals surface area contributed by atoms with Crippen LogP contribution in [-0.4, -0.2) is 21.0 Å². The highest BCUT2D eigenvalue weighted by Gasteiger charge is 2.17. The molecule has 0 unspecified atom stereocenters. The van der Waals surface area contributed by atoms with E-state index < -0.39 is 10.9 Å². The summed E-state index contributed by atoms with van der Waals surface area (Å²) in [5, 5.41) is 14.5. The van der Waals surface area contributed by atoms with Gasteiger partial charge in [0.15, 0.2) is 6.61 Å². The average molecular weight is 409 g/mol. The summed E-state index contributed by atoms with van der Waals surface area (Å²) in [6.45, 7) is -0.277. The highest BCUT2D eigenvalue weighted by Crippen LogP contribution is 2.25. The summed E-state index contributed by atoms with van der Waals surface area (Å²) in [7, 11) is 0. The van der Waals surface area contributed by atoms with Gasteiger partial charge in [0.1, 0.15) is 11.6 Å². The van der Waals surface area contributed by atoms with Crippen LogP contribution in [0, 0.1) is 15.9 Å². The fourth-order valence-corrected chi connectivity index (χ4v) is 2.58. The smallest absolute Gasteiger partial charge is 0.374 e. The number of benzene rings is 2. The maximum absolute atomic E-state index is 13.0. The van der Waals surface area contributed by atoms with Crippen molar-refractivity contribution >= 4 is 11.7 Å². The van der Waals surface area contributed by atoms with Crippen LogP contribution in [0.25, 0.3) is 22.7 Å². The summed E-state index contributed by atoms with van der Waals surface area (Å²) >= 11 is 0. The van der Waals surface area contributed by atoms with Crippen LogP contribution in [0.5, 0.6) is 0 Å². The molecule has 10 heteroatoms. The van der Waals surface area contributed by atoms with Crippen molar-refractivity contribution in [1.82, 2.24) is 10.1 Å². The number of ether oxygens (including phenoxy) is 1. The summed E-state index contributed by atoms with van der Waals surface area (Å²) in [6.07, 6.45) is 0. The van der Waals surface area contributed by atoms with Gasteiger partial charge in [0.25, 0.3) is 11.6 Å². The molecule has 150 valence electrons. The van der Waals surface area contributed by atoms with Gasteiger partial charge in [-0.05, 0) is 48.5 Å². The van der Waals surface area contributed by atoms with Crippen LogP contribution in [0.4, 0.5) is 10.1 Å². The van der Waals surface area contributed by atoms with Gasteiger partial charge in [-0.15, -0.1) is 0 Å². The number of non-ortho nitro benzene ring substituents is 1. The molecule has 0 spiro atoms. The number of rotatable bonds is 6. The fourth-order valence-electron chi connectivity index (χ4n) is 2.58. The zero-order valence-electron chi connectivity index (χ0n) is 15.1. The Balaban J connectivity index is 1.39. The Morgan fingerprint density at radius 3 is 2.43 bits per heavy atom. The molecule has 2 aromatic carbocycles. The highest BCUT2D eigenvalue weighted by molar-refractivity contribution is 5.87.